The second-order valence-corrected chi connectivity index (χ2v) is 4.64. The van der Waals surface area contributed by atoms with Crippen LogP contribution >= 0.6 is 0 Å². The summed E-state index contributed by atoms with van der Waals surface area (Å²) in [6, 6.07) is 0.483. The van der Waals surface area contributed by atoms with Crippen molar-refractivity contribution in [3.63, 3.8) is 0 Å². The molecule has 2 rings (SSSR count). The lowest BCUT2D eigenvalue weighted by atomic mass is 9.64. The summed E-state index contributed by atoms with van der Waals surface area (Å²) in [6.07, 6.45) is 1.45. The average molecular weight is 197 g/mol. The molecule has 1 fully saturated rings. The summed E-state index contributed by atoms with van der Waals surface area (Å²) in [7, 11) is 1.79. The zero-order valence-electron chi connectivity index (χ0n) is 9.13. The monoisotopic (exact) mass is 197 g/mol. The Labute approximate surface area is 85.1 Å². The predicted octanol–water partition coefficient (Wildman–Crippen LogP) is 0.349. The molecule has 2 N–H and O–H groups in total. The van der Waals surface area contributed by atoms with Crippen molar-refractivity contribution in [3.8, 4) is 0 Å². The normalized spacial score (nSPS) is 34.4. The minimum absolute atomic E-state index is 0.210. The van der Waals surface area contributed by atoms with Gasteiger partial charge in [0.25, 0.3) is 0 Å². The van der Waals surface area contributed by atoms with Gasteiger partial charge >= 0.3 is 0 Å². The van der Waals surface area contributed by atoms with Crippen LogP contribution in [-0.2, 0) is 4.74 Å². The van der Waals surface area contributed by atoms with Crippen molar-refractivity contribution in [3.05, 3.63) is 0 Å². The van der Waals surface area contributed by atoms with Gasteiger partial charge in [0.15, 0.2) is 5.96 Å². The minimum Gasteiger partial charge on any atom is -0.381 e. The Kier molecular flexibility index (Phi) is 2.39. The van der Waals surface area contributed by atoms with E-state index in [9.17, 15) is 0 Å². The fraction of sp³-hybridized carbons (Fsp3) is 0.900. The van der Waals surface area contributed by atoms with Gasteiger partial charge in [0, 0.05) is 25.1 Å². The van der Waals surface area contributed by atoms with Crippen LogP contribution in [0.4, 0.5) is 0 Å². The smallest absolute Gasteiger partial charge is 0.191 e. The molecule has 0 amide bonds. The van der Waals surface area contributed by atoms with Crippen molar-refractivity contribution < 1.29 is 4.74 Å². The second-order valence-electron chi connectivity index (χ2n) is 4.64. The molecule has 0 aromatic rings. The third kappa shape index (κ3) is 1.47. The zero-order chi connectivity index (χ0) is 10.2. The number of nitrogens with zero attached hydrogens (tertiary/aromatic N) is 1. The Morgan fingerprint density at radius 2 is 2.36 bits per heavy atom. The van der Waals surface area contributed by atoms with Gasteiger partial charge in [0.05, 0.1) is 12.6 Å². The summed E-state index contributed by atoms with van der Waals surface area (Å²) in [5.41, 5.74) is 0.210. The Morgan fingerprint density at radius 3 is 2.86 bits per heavy atom. The first kappa shape index (κ1) is 9.77. The van der Waals surface area contributed by atoms with E-state index >= 15 is 0 Å². The van der Waals surface area contributed by atoms with Gasteiger partial charge in [0.1, 0.15) is 0 Å². The summed E-state index contributed by atoms with van der Waals surface area (Å²) in [5, 5.41) is 6.65. The summed E-state index contributed by atoms with van der Waals surface area (Å²) >= 11 is 0. The number of nitrogens with one attached hydrogen (secondary N) is 2. The molecule has 0 saturated heterocycles. The van der Waals surface area contributed by atoms with Crippen molar-refractivity contribution in [2.45, 2.75) is 32.4 Å². The van der Waals surface area contributed by atoms with Gasteiger partial charge in [-0.15, -0.1) is 0 Å². The molecule has 2 atom stereocenters. The van der Waals surface area contributed by atoms with E-state index < -0.39 is 0 Å². The lowest BCUT2D eigenvalue weighted by Crippen LogP contribution is -2.62. The Balaban J connectivity index is 1.89. The maximum Gasteiger partial charge on any atom is 0.191 e. The molecule has 1 heterocycles. The molecule has 1 aliphatic carbocycles. The van der Waals surface area contributed by atoms with Crippen LogP contribution in [-0.4, -0.2) is 38.3 Å². The topological polar surface area (TPSA) is 45.6 Å². The molecule has 80 valence electrons. The molecule has 0 aromatic carbocycles. The second kappa shape index (κ2) is 3.42. The van der Waals surface area contributed by atoms with Gasteiger partial charge in [-0.05, 0) is 6.42 Å². The Bertz CT molecular complexity index is 250. The van der Waals surface area contributed by atoms with Crippen LogP contribution in [0, 0.1) is 5.41 Å². The number of hydrogen-bond donors (Lipinski definition) is 2. The minimum atomic E-state index is 0.210. The molecule has 2 unspecified atom stereocenters. The first-order valence-corrected chi connectivity index (χ1v) is 5.22. The van der Waals surface area contributed by atoms with Crippen LogP contribution in [0.2, 0.25) is 0 Å². The molecule has 1 aliphatic heterocycles. The maximum atomic E-state index is 5.40. The van der Waals surface area contributed by atoms with Crippen LogP contribution in [0.5, 0.6) is 0 Å². The van der Waals surface area contributed by atoms with E-state index in [2.05, 4.69) is 29.5 Å². The highest BCUT2D eigenvalue weighted by Gasteiger charge is 2.49. The van der Waals surface area contributed by atoms with E-state index in [4.69, 9.17) is 4.74 Å². The van der Waals surface area contributed by atoms with Crippen molar-refractivity contribution in [2.24, 2.45) is 10.4 Å². The lowest BCUT2D eigenvalue weighted by molar-refractivity contribution is -0.0922. The molecule has 4 nitrogen and oxygen atoms in total. The molecule has 0 spiro atoms. The van der Waals surface area contributed by atoms with Gasteiger partial charge in [-0.2, -0.15) is 0 Å². The molecular formula is C10H19N3O. The first-order chi connectivity index (χ1) is 6.64. The number of ether oxygens (including phenoxy) is 1. The third-order valence-corrected chi connectivity index (χ3v) is 3.45. The summed E-state index contributed by atoms with van der Waals surface area (Å²) < 4.78 is 5.40. The first-order valence-electron chi connectivity index (χ1n) is 5.22. The van der Waals surface area contributed by atoms with E-state index in [1.807, 2.05) is 0 Å². The predicted molar refractivity (Wildman–Crippen MR) is 56.4 cm³/mol. The molecule has 0 radical (unpaired) electrons. The van der Waals surface area contributed by atoms with Crippen molar-refractivity contribution in [1.82, 2.24) is 10.6 Å². The molecule has 2 aliphatic rings. The zero-order valence-corrected chi connectivity index (χ0v) is 9.13. The maximum absolute atomic E-state index is 5.40. The quantitative estimate of drug-likeness (QED) is 0.671. The fourth-order valence-electron chi connectivity index (χ4n) is 2.19. The summed E-state index contributed by atoms with van der Waals surface area (Å²) in [5.74, 6) is 0.956. The highest BCUT2D eigenvalue weighted by atomic mass is 16.5. The lowest BCUT2D eigenvalue weighted by Gasteiger charge is -2.51. The van der Waals surface area contributed by atoms with Gasteiger partial charge in [-0.25, -0.2) is 0 Å². The Morgan fingerprint density at radius 1 is 1.57 bits per heavy atom. The molecule has 1 saturated carbocycles. The summed E-state index contributed by atoms with van der Waals surface area (Å²) in [4.78, 5) is 4.33. The third-order valence-electron chi connectivity index (χ3n) is 3.45. The molecule has 4 heteroatoms. The molecule has 0 bridgehead atoms. The molecular weight excluding hydrogens is 178 g/mol. The van der Waals surface area contributed by atoms with Gasteiger partial charge in [0.2, 0.25) is 0 Å². The largest absolute Gasteiger partial charge is 0.381 e. The van der Waals surface area contributed by atoms with E-state index in [1.54, 1.807) is 7.11 Å². The van der Waals surface area contributed by atoms with E-state index in [-0.39, 0.29) is 5.41 Å². The highest BCUT2D eigenvalue weighted by molar-refractivity contribution is 5.81. The van der Waals surface area contributed by atoms with Gasteiger partial charge in [-0.3, -0.25) is 4.99 Å². The van der Waals surface area contributed by atoms with Crippen LogP contribution < -0.4 is 10.6 Å². The van der Waals surface area contributed by atoms with Crippen molar-refractivity contribution in [2.75, 3.05) is 20.2 Å². The van der Waals surface area contributed by atoms with Crippen LogP contribution in [0.3, 0.4) is 0 Å². The molecule has 0 aromatic heterocycles. The Hall–Kier alpha value is -0.770. The highest BCUT2D eigenvalue weighted by Crippen LogP contribution is 2.42. The number of hydrogen-bond acceptors (Lipinski definition) is 4. The van der Waals surface area contributed by atoms with Crippen LogP contribution in [0.1, 0.15) is 20.3 Å². The number of rotatable bonds is 2. The standard InChI is InChI=1S/C10H19N3O/c1-10(2)7(6-8(10)14-3)13-9-11-4-5-12-9/h7-8H,4-6H2,1-3H3,(H2,11,12,13). The van der Waals surface area contributed by atoms with E-state index in [0.717, 1.165) is 25.5 Å². The summed E-state index contributed by atoms with van der Waals surface area (Å²) in [6.45, 7) is 6.32. The van der Waals surface area contributed by atoms with E-state index in [0.29, 0.717) is 12.1 Å². The fourth-order valence-corrected chi connectivity index (χ4v) is 2.19. The van der Waals surface area contributed by atoms with Gasteiger partial charge in [-0.1, -0.05) is 13.8 Å². The number of aliphatic imine (C=N–C) groups is 1. The SMILES string of the molecule is COC1CC(NC2=NCCN2)C1(C)C. The molecule has 14 heavy (non-hydrogen) atoms. The number of methoxy groups -OCH3 is 1. The number of guanidine groups is 1. The van der Waals surface area contributed by atoms with Crippen molar-refractivity contribution in [1.29, 1.82) is 0 Å². The van der Waals surface area contributed by atoms with Gasteiger partial charge < -0.3 is 15.4 Å². The van der Waals surface area contributed by atoms with Crippen LogP contribution in [0.15, 0.2) is 4.99 Å². The average Bonchev–Trinajstić information content (AvgIpc) is 2.64. The van der Waals surface area contributed by atoms with Crippen LogP contribution in [0.25, 0.3) is 0 Å². The van der Waals surface area contributed by atoms with E-state index in [1.165, 1.54) is 0 Å². The van der Waals surface area contributed by atoms with Crippen molar-refractivity contribution >= 4 is 5.96 Å².